The van der Waals surface area contributed by atoms with Gasteiger partial charge in [-0.3, -0.25) is 0 Å². The zero-order valence-electron chi connectivity index (χ0n) is 11.0. The molecule has 0 spiro atoms. The van der Waals surface area contributed by atoms with Gasteiger partial charge in [-0.2, -0.15) is 13.2 Å². The summed E-state index contributed by atoms with van der Waals surface area (Å²) in [6.45, 7) is 4.76. The average Bonchev–Trinajstić information content (AvgIpc) is 2.82. The first kappa shape index (κ1) is 14.2. The number of hydrogen-bond donors (Lipinski definition) is 1. The molecule has 2 aliphatic heterocycles. The summed E-state index contributed by atoms with van der Waals surface area (Å²) in [5.41, 5.74) is 0.354. The fourth-order valence-electron chi connectivity index (χ4n) is 2.81. The maximum atomic E-state index is 12.8. The lowest BCUT2D eigenvalue weighted by molar-refractivity contribution is -0.137. The highest BCUT2D eigenvalue weighted by atomic mass is 32.2. The lowest BCUT2D eigenvalue weighted by Gasteiger charge is -2.29. The van der Waals surface area contributed by atoms with Crippen LogP contribution in [0.1, 0.15) is 17.0 Å². The molecule has 6 heteroatoms. The van der Waals surface area contributed by atoms with E-state index < -0.39 is 11.7 Å². The topological polar surface area (TPSA) is 15.3 Å². The highest BCUT2D eigenvalue weighted by Crippen LogP contribution is 2.42. The van der Waals surface area contributed by atoms with Crippen molar-refractivity contribution in [3.8, 4) is 0 Å². The van der Waals surface area contributed by atoms with Crippen molar-refractivity contribution in [3.63, 3.8) is 0 Å². The third-order valence-electron chi connectivity index (χ3n) is 3.91. The molecule has 2 nitrogen and oxygen atoms in total. The van der Waals surface area contributed by atoms with Gasteiger partial charge in [0.1, 0.15) is 0 Å². The van der Waals surface area contributed by atoms with Gasteiger partial charge in [0.25, 0.3) is 0 Å². The van der Waals surface area contributed by atoms with E-state index in [9.17, 15) is 13.2 Å². The fourth-order valence-corrected chi connectivity index (χ4v) is 4.03. The minimum absolute atomic E-state index is 0.218. The summed E-state index contributed by atoms with van der Waals surface area (Å²) in [5.74, 6) is 1.11. The van der Waals surface area contributed by atoms with Crippen molar-refractivity contribution in [2.45, 2.75) is 17.0 Å². The lowest BCUT2D eigenvalue weighted by Crippen LogP contribution is -2.45. The van der Waals surface area contributed by atoms with Crippen LogP contribution in [-0.2, 0) is 6.18 Å². The second-order valence-electron chi connectivity index (χ2n) is 5.31. The number of halogens is 3. The van der Waals surface area contributed by atoms with E-state index >= 15 is 0 Å². The first-order valence-electron chi connectivity index (χ1n) is 6.81. The number of alkyl halides is 3. The van der Waals surface area contributed by atoms with Crippen LogP contribution in [0.15, 0.2) is 23.1 Å². The number of nitrogens with zero attached hydrogens (tertiary/aromatic N) is 1. The minimum Gasteiger partial charge on any atom is -0.314 e. The van der Waals surface area contributed by atoms with Gasteiger partial charge in [0.15, 0.2) is 0 Å². The van der Waals surface area contributed by atoms with Crippen molar-refractivity contribution in [1.82, 2.24) is 10.2 Å². The molecule has 2 aliphatic rings. The standard InChI is InChI=1S/C14H17F3N2S/c15-14(16,17)11-1-2-13-12(7-11)10(9-20-13)8-19-5-3-18-4-6-19/h1-2,7,10,18H,3-6,8-9H2. The number of fused-ring (bicyclic) bond motifs is 1. The Morgan fingerprint density at radius 1 is 1.25 bits per heavy atom. The van der Waals surface area contributed by atoms with Gasteiger partial charge in [-0.15, -0.1) is 11.8 Å². The Morgan fingerprint density at radius 2 is 2.00 bits per heavy atom. The van der Waals surface area contributed by atoms with Crippen LogP contribution in [0.2, 0.25) is 0 Å². The summed E-state index contributed by atoms with van der Waals surface area (Å²) < 4.78 is 38.4. The molecule has 2 heterocycles. The Hall–Kier alpha value is -0.720. The Balaban J connectivity index is 1.77. The summed E-state index contributed by atoms with van der Waals surface area (Å²) in [5, 5.41) is 3.29. The Labute approximate surface area is 120 Å². The summed E-state index contributed by atoms with van der Waals surface area (Å²) >= 11 is 1.67. The number of rotatable bonds is 2. The lowest BCUT2D eigenvalue weighted by atomic mass is 9.98. The quantitative estimate of drug-likeness (QED) is 0.904. The number of piperazine rings is 1. The van der Waals surface area contributed by atoms with Gasteiger partial charge < -0.3 is 10.2 Å². The molecule has 1 atom stereocenters. The van der Waals surface area contributed by atoms with Crippen molar-refractivity contribution >= 4 is 11.8 Å². The second kappa shape index (κ2) is 5.58. The molecular weight excluding hydrogens is 285 g/mol. The molecule has 110 valence electrons. The molecule has 0 radical (unpaired) electrons. The van der Waals surface area contributed by atoms with Gasteiger partial charge in [0.2, 0.25) is 0 Å². The maximum absolute atomic E-state index is 12.8. The zero-order valence-corrected chi connectivity index (χ0v) is 11.9. The van der Waals surface area contributed by atoms with E-state index in [2.05, 4.69) is 10.2 Å². The van der Waals surface area contributed by atoms with Crippen molar-refractivity contribution in [3.05, 3.63) is 29.3 Å². The number of benzene rings is 1. The van der Waals surface area contributed by atoms with E-state index in [1.807, 2.05) is 0 Å². The monoisotopic (exact) mass is 302 g/mol. The van der Waals surface area contributed by atoms with E-state index in [-0.39, 0.29) is 5.92 Å². The normalized spacial score (nSPS) is 23.9. The third-order valence-corrected chi connectivity index (χ3v) is 5.16. The third kappa shape index (κ3) is 2.97. The van der Waals surface area contributed by atoms with E-state index in [1.165, 1.54) is 12.1 Å². The molecule has 1 saturated heterocycles. The van der Waals surface area contributed by atoms with Crippen LogP contribution in [0.3, 0.4) is 0 Å². The van der Waals surface area contributed by atoms with Gasteiger partial charge >= 0.3 is 6.18 Å². The van der Waals surface area contributed by atoms with E-state index in [0.717, 1.165) is 48.9 Å². The largest absolute Gasteiger partial charge is 0.416 e. The molecule has 1 fully saturated rings. The molecule has 0 aliphatic carbocycles. The highest BCUT2D eigenvalue weighted by Gasteiger charge is 2.33. The average molecular weight is 302 g/mol. The Morgan fingerprint density at radius 3 is 2.70 bits per heavy atom. The molecule has 20 heavy (non-hydrogen) atoms. The summed E-state index contributed by atoms with van der Waals surface area (Å²) in [7, 11) is 0. The van der Waals surface area contributed by atoms with Crippen LogP contribution in [0.5, 0.6) is 0 Å². The molecule has 0 amide bonds. The second-order valence-corrected chi connectivity index (χ2v) is 6.37. The number of nitrogens with one attached hydrogen (secondary N) is 1. The Kier molecular flexibility index (Phi) is 3.97. The fraction of sp³-hybridized carbons (Fsp3) is 0.571. The molecule has 1 N–H and O–H groups in total. The highest BCUT2D eigenvalue weighted by molar-refractivity contribution is 7.99. The molecule has 0 bridgehead atoms. The summed E-state index contributed by atoms with van der Waals surface area (Å²) in [4.78, 5) is 3.36. The number of thioether (sulfide) groups is 1. The van der Waals surface area contributed by atoms with Crippen LogP contribution in [0.25, 0.3) is 0 Å². The van der Waals surface area contributed by atoms with Crippen LogP contribution in [0, 0.1) is 0 Å². The molecule has 1 aromatic rings. The Bertz CT molecular complexity index is 484. The van der Waals surface area contributed by atoms with Crippen molar-refractivity contribution in [2.75, 3.05) is 38.5 Å². The van der Waals surface area contributed by atoms with E-state index in [0.29, 0.717) is 0 Å². The minimum atomic E-state index is -4.25. The first-order valence-corrected chi connectivity index (χ1v) is 7.79. The zero-order chi connectivity index (χ0) is 14.2. The SMILES string of the molecule is FC(F)(F)c1ccc2c(c1)C(CN1CCNCC1)CS2. The van der Waals surface area contributed by atoms with Crippen LogP contribution in [0.4, 0.5) is 13.2 Å². The van der Waals surface area contributed by atoms with Crippen LogP contribution < -0.4 is 5.32 Å². The predicted molar refractivity (Wildman–Crippen MR) is 74.2 cm³/mol. The van der Waals surface area contributed by atoms with Gasteiger partial charge in [-0.1, -0.05) is 0 Å². The van der Waals surface area contributed by atoms with Gasteiger partial charge in [0.05, 0.1) is 5.56 Å². The molecule has 0 saturated carbocycles. The summed E-state index contributed by atoms with van der Waals surface area (Å²) in [6, 6.07) is 4.17. The first-order chi connectivity index (χ1) is 9.54. The van der Waals surface area contributed by atoms with Gasteiger partial charge in [-0.25, -0.2) is 0 Å². The predicted octanol–water partition coefficient (Wildman–Crippen LogP) is 2.80. The van der Waals surface area contributed by atoms with E-state index in [4.69, 9.17) is 0 Å². The number of hydrogen-bond acceptors (Lipinski definition) is 3. The van der Waals surface area contributed by atoms with Gasteiger partial charge in [-0.05, 0) is 23.8 Å². The van der Waals surface area contributed by atoms with Crippen LogP contribution >= 0.6 is 11.8 Å². The molecular formula is C14H17F3N2S. The summed E-state index contributed by atoms with van der Waals surface area (Å²) in [6.07, 6.45) is -4.25. The van der Waals surface area contributed by atoms with Crippen molar-refractivity contribution in [2.24, 2.45) is 0 Å². The molecule has 3 rings (SSSR count). The van der Waals surface area contributed by atoms with E-state index in [1.54, 1.807) is 17.8 Å². The molecule has 1 aromatic carbocycles. The van der Waals surface area contributed by atoms with Crippen molar-refractivity contribution in [1.29, 1.82) is 0 Å². The smallest absolute Gasteiger partial charge is 0.314 e. The van der Waals surface area contributed by atoms with Crippen molar-refractivity contribution < 1.29 is 13.2 Å². The van der Waals surface area contributed by atoms with Crippen LogP contribution in [-0.4, -0.2) is 43.4 Å². The van der Waals surface area contributed by atoms with Gasteiger partial charge in [0, 0.05) is 49.3 Å². The maximum Gasteiger partial charge on any atom is 0.416 e. The molecule has 0 aromatic heterocycles. The molecule has 1 unspecified atom stereocenters.